The van der Waals surface area contributed by atoms with E-state index in [1.54, 1.807) is 18.6 Å². The normalized spacial score (nSPS) is 7.88. The summed E-state index contributed by atoms with van der Waals surface area (Å²) in [5, 5.41) is 8.03. The van der Waals surface area contributed by atoms with E-state index < -0.39 is 0 Å². The van der Waals surface area contributed by atoms with Crippen LogP contribution in [-0.2, 0) is 0 Å². The third-order valence-corrected chi connectivity index (χ3v) is 0.684. The number of nitriles is 1. The Bertz CT molecular complexity index is 182. The lowest BCUT2D eigenvalue weighted by Crippen LogP contribution is -2.03. The first-order valence-electron chi connectivity index (χ1n) is 2.06. The summed E-state index contributed by atoms with van der Waals surface area (Å²) in [6, 6.07) is 0. The highest BCUT2D eigenvalue weighted by atomic mass is 15.4. The Morgan fingerprint density at radius 3 is 3.12 bits per heavy atom. The van der Waals surface area contributed by atoms with Gasteiger partial charge >= 0.3 is 0 Å². The lowest BCUT2D eigenvalue weighted by atomic mass is 11.0. The van der Waals surface area contributed by atoms with E-state index in [0.29, 0.717) is 0 Å². The molecule has 0 saturated heterocycles. The molecule has 0 radical (unpaired) electrons. The van der Waals surface area contributed by atoms with Gasteiger partial charge in [0, 0.05) is 12.4 Å². The fourth-order valence-corrected chi connectivity index (χ4v) is 0.383. The molecule has 0 atom stereocenters. The van der Waals surface area contributed by atoms with Crippen molar-refractivity contribution in [1.82, 2.24) is 9.66 Å². The van der Waals surface area contributed by atoms with Gasteiger partial charge in [0.05, 0.1) is 0 Å². The summed E-state index contributed by atoms with van der Waals surface area (Å²) in [5.41, 5.74) is 2.35. The van der Waals surface area contributed by atoms with E-state index in [2.05, 4.69) is 10.4 Å². The second kappa shape index (κ2) is 1.98. The monoisotopic (exact) mass is 108 g/mol. The van der Waals surface area contributed by atoms with E-state index in [4.69, 9.17) is 5.26 Å². The average molecular weight is 108 g/mol. The summed E-state index contributed by atoms with van der Waals surface area (Å²) in [6.07, 6.45) is 6.48. The zero-order valence-corrected chi connectivity index (χ0v) is 4.07. The molecular formula is C4H4N4. The smallest absolute Gasteiger partial charge is 0.197 e. The van der Waals surface area contributed by atoms with E-state index >= 15 is 0 Å². The Labute approximate surface area is 46.3 Å². The van der Waals surface area contributed by atoms with Crippen molar-refractivity contribution < 1.29 is 0 Å². The van der Waals surface area contributed by atoms with Gasteiger partial charge in [-0.2, -0.15) is 5.26 Å². The highest BCUT2D eigenvalue weighted by molar-refractivity contribution is 4.89. The number of hydrogen-bond acceptors (Lipinski definition) is 3. The van der Waals surface area contributed by atoms with E-state index in [0.717, 1.165) is 0 Å². The number of rotatable bonds is 1. The van der Waals surface area contributed by atoms with Gasteiger partial charge in [0.25, 0.3) is 0 Å². The summed E-state index contributed by atoms with van der Waals surface area (Å²) in [4.78, 5) is 3.69. The van der Waals surface area contributed by atoms with E-state index in [1.807, 2.05) is 0 Å². The predicted octanol–water partition coefficient (Wildman–Crippen LogP) is -0.0923. The summed E-state index contributed by atoms with van der Waals surface area (Å²) >= 11 is 0. The number of aromatic nitrogens is 2. The molecule has 40 valence electrons. The van der Waals surface area contributed by atoms with Gasteiger partial charge in [-0.05, 0) is 0 Å². The molecule has 0 bridgehead atoms. The maximum absolute atomic E-state index is 8.03. The van der Waals surface area contributed by atoms with Crippen molar-refractivity contribution in [3.63, 3.8) is 0 Å². The second-order valence-corrected chi connectivity index (χ2v) is 1.19. The molecule has 0 aliphatic heterocycles. The first-order chi connectivity index (χ1) is 3.93. The zero-order valence-electron chi connectivity index (χ0n) is 4.07. The molecule has 4 nitrogen and oxygen atoms in total. The molecule has 8 heavy (non-hydrogen) atoms. The van der Waals surface area contributed by atoms with Crippen LogP contribution in [0.2, 0.25) is 0 Å². The Morgan fingerprint density at radius 1 is 1.75 bits per heavy atom. The van der Waals surface area contributed by atoms with Gasteiger partial charge in [-0.15, -0.1) is 0 Å². The molecule has 0 aromatic carbocycles. The van der Waals surface area contributed by atoms with E-state index in [9.17, 15) is 0 Å². The van der Waals surface area contributed by atoms with Gasteiger partial charge in [0.1, 0.15) is 6.33 Å². The van der Waals surface area contributed by atoms with Crippen LogP contribution in [0.1, 0.15) is 0 Å². The Balaban J connectivity index is 2.67. The number of nitrogens with one attached hydrogen (secondary N) is 1. The molecule has 0 amide bonds. The molecule has 1 rings (SSSR count). The van der Waals surface area contributed by atoms with Crippen molar-refractivity contribution in [2.24, 2.45) is 0 Å². The van der Waals surface area contributed by atoms with Crippen LogP contribution in [0, 0.1) is 11.5 Å². The quantitative estimate of drug-likeness (QED) is 0.404. The van der Waals surface area contributed by atoms with Gasteiger partial charge in [-0.25, -0.2) is 15.1 Å². The minimum atomic E-state index is 1.46. The summed E-state index contributed by atoms with van der Waals surface area (Å²) in [5.74, 6) is 0. The van der Waals surface area contributed by atoms with Crippen molar-refractivity contribution >= 4 is 0 Å². The molecule has 1 N–H and O–H groups in total. The highest BCUT2D eigenvalue weighted by Gasteiger charge is 1.78. The third-order valence-electron chi connectivity index (χ3n) is 0.684. The molecule has 1 aromatic rings. The topological polar surface area (TPSA) is 53.6 Å². The maximum atomic E-state index is 8.03. The summed E-state index contributed by atoms with van der Waals surface area (Å²) in [7, 11) is 0. The van der Waals surface area contributed by atoms with Crippen LogP contribution < -0.4 is 5.43 Å². The van der Waals surface area contributed by atoms with Crippen LogP contribution >= 0.6 is 0 Å². The van der Waals surface area contributed by atoms with Gasteiger partial charge < -0.3 is 0 Å². The fraction of sp³-hybridized carbons (Fsp3) is 0. The Kier molecular flexibility index (Phi) is 1.15. The summed E-state index contributed by atoms with van der Waals surface area (Å²) < 4.78 is 1.46. The van der Waals surface area contributed by atoms with Crippen LogP contribution in [0.5, 0.6) is 0 Å². The highest BCUT2D eigenvalue weighted by Crippen LogP contribution is 1.75. The number of imidazole rings is 1. The van der Waals surface area contributed by atoms with Crippen LogP contribution in [0.15, 0.2) is 18.7 Å². The maximum Gasteiger partial charge on any atom is 0.197 e. The number of nitrogens with zero attached hydrogens (tertiary/aromatic N) is 3. The molecule has 0 unspecified atom stereocenters. The van der Waals surface area contributed by atoms with Gasteiger partial charge in [-0.3, -0.25) is 0 Å². The van der Waals surface area contributed by atoms with Crippen LogP contribution in [0.4, 0.5) is 0 Å². The molecule has 0 saturated carbocycles. The van der Waals surface area contributed by atoms with Crippen LogP contribution in [-0.4, -0.2) is 9.66 Å². The molecule has 1 heterocycles. The zero-order chi connectivity index (χ0) is 5.82. The first-order valence-corrected chi connectivity index (χ1v) is 2.06. The Morgan fingerprint density at radius 2 is 2.62 bits per heavy atom. The van der Waals surface area contributed by atoms with Crippen molar-refractivity contribution in [2.45, 2.75) is 0 Å². The molecule has 0 fully saturated rings. The lowest BCUT2D eigenvalue weighted by molar-refractivity contribution is 0.956. The van der Waals surface area contributed by atoms with Crippen LogP contribution in [0.25, 0.3) is 0 Å². The van der Waals surface area contributed by atoms with Crippen molar-refractivity contribution in [2.75, 3.05) is 5.43 Å². The van der Waals surface area contributed by atoms with Crippen LogP contribution in [0.3, 0.4) is 0 Å². The van der Waals surface area contributed by atoms with Crippen molar-refractivity contribution in [3.8, 4) is 6.19 Å². The van der Waals surface area contributed by atoms with Gasteiger partial charge in [0.15, 0.2) is 6.19 Å². The Hall–Kier alpha value is -1.50. The third kappa shape index (κ3) is 0.763. The fourth-order valence-electron chi connectivity index (χ4n) is 0.383. The van der Waals surface area contributed by atoms with E-state index in [-0.39, 0.29) is 0 Å². The first kappa shape index (κ1) is 4.65. The van der Waals surface area contributed by atoms with Gasteiger partial charge in [-0.1, -0.05) is 0 Å². The minimum Gasteiger partial charge on any atom is -0.243 e. The molecule has 0 aliphatic rings. The standard InChI is InChI=1S/C4H4N4/c5-3-7-8-2-1-6-4-8/h1-2,4,7H. The molecular weight excluding hydrogens is 104 g/mol. The number of hydrogen-bond donors (Lipinski definition) is 1. The van der Waals surface area contributed by atoms with E-state index in [1.165, 1.54) is 11.0 Å². The molecule has 4 heteroatoms. The van der Waals surface area contributed by atoms with Crippen molar-refractivity contribution in [3.05, 3.63) is 18.7 Å². The molecule has 1 aromatic heterocycles. The predicted molar refractivity (Wildman–Crippen MR) is 27.2 cm³/mol. The molecule has 0 spiro atoms. The lowest BCUT2D eigenvalue weighted by Gasteiger charge is -1.89. The minimum absolute atomic E-state index is 1.46. The largest absolute Gasteiger partial charge is 0.243 e. The molecule has 0 aliphatic carbocycles. The SMILES string of the molecule is N#CNn1ccnc1. The van der Waals surface area contributed by atoms with Crippen molar-refractivity contribution in [1.29, 1.82) is 5.26 Å². The summed E-state index contributed by atoms with van der Waals surface area (Å²) in [6.45, 7) is 0. The van der Waals surface area contributed by atoms with Gasteiger partial charge in [0.2, 0.25) is 0 Å². The average Bonchev–Trinajstić information content (AvgIpc) is 2.19. The second-order valence-electron chi connectivity index (χ2n) is 1.19.